The van der Waals surface area contributed by atoms with Crippen molar-refractivity contribution < 1.29 is 14.3 Å². The lowest BCUT2D eigenvalue weighted by Gasteiger charge is -2.19. The molecule has 1 unspecified atom stereocenters. The molecule has 1 aliphatic heterocycles. The first kappa shape index (κ1) is 23.2. The smallest absolute Gasteiger partial charge is 0.264 e. The van der Waals surface area contributed by atoms with Crippen LogP contribution in [0.15, 0.2) is 71.8 Å². The second-order valence-electron chi connectivity index (χ2n) is 7.14. The van der Waals surface area contributed by atoms with Gasteiger partial charge in [-0.15, -0.1) is 6.58 Å². The molecular weight excluding hydrogens is 422 g/mol. The molecular formula is C25H25N3O3S. The minimum Gasteiger partial charge on any atom is -0.497 e. The third kappa shape index (κ3) is 5.04. The van der Waals surface area contributed by atoms with Gasteiger partial charge in [0.2, 0.25) is 5.91 Å². The second-order valence-corrected chi connectivity index (χ2v) is 8.33. The zero-order valence-electron chi connectivity index (χ0n) is 18.1. The Kier molecular flexibility index (Phi) is 7.74. The van der Waals surface area contributed by atoms with Crippen molar-refractivity contribution in [3.8, 4) is 11.8 Å². The van der Waals surface area contributed by atoms with Crippen LogP contribution in [0.4, 0.5) is 5.69 Å². The maximum Gasteiger partial charge on any atom is 0.264 e. The van der Waals surface area contributed by atoms with Crippen LogP contribution in [-0.4, -0.2) is 30.7 Å². The van der Waals surface area contributed by atoms with Crippen LogP contribution in [0.2, 0.25) is 0 Å². The molecule has 0 aromatic heterocycles. The van der Waals surface area contributed by atoms with E-state index in [1.165, 1.54) is 28.3 Å². The largest absolute Gasteiger partial charge is 0.497 e. The zero-order chi connectivity index (χ0) is 23.1. The highest BCUT2D eigenvalue weighted by Crippen LogP contribution is 2.42. The molecule has 3 rings (SSSR count). The number of nitriles is 1. The Morgan fingerprint density at radius 2 is 1.88 bits per heavy atom. The highest BCUT2D eigenvalue weighted by atomic mass is 32.2. The van der Waals surface area contributed by atoms with Gasteiger partial charge >= 0.3 is 0 Å². The first-order valence-corrected chi connectivity index (χ1v) is 11.2. The fourth-order valence-electron chi connectivity index (χ4n) is 3.33. The van der Waals surface area contributed by atoms with E-state index in [0.717, 1.165) is 12.0 Å². The highest BCUT2D eigenvalue weighted by molar-refractivity contribution is 8.05. The lowest BCUT2D eigenvalue weighted by Crippen LogP contribution is -2.32. The summed E-state index contributed by atoms with van der Waals surface area (Å²) >= 11 is 1.25. The fraction of sp³-hybridized carbons (Fsp3) is 0.240. The minimum absolute atomic E-state index is 0.0927. The summed E-state index contributed by atoms with van der Waals surface area (Å²) in [6, 6.07) is 17.1. The van der Waals surface area contributed by atoms with Crippen LogP contribution in [0, 0.1) is 11.3 Å². The monoisotopic (exact) mass is 447 g/mol. The summed E-state index contributed by atoms with van der Waals surface area (Å²) in [6.45, 7) is 5.90. The van der Waals surface area contributed by atoms with Gasteiger partial charge in [-0.1, -0.05) is 49.0 Å². The van der Waals surface area contributed by atoms with Crippen LogP contribution >= 0.6 is 11.8 Å². The van der Waals surface area contributed by atoms with Crippen LogP contribution in [0.1, 0.15) is 18.1 Å². The highest BCUT2D eigenvalue weighted by Gasteiger charge is 2.40. The normalized spacial score (nSPS) is 17.0. The first-order chi connectivity index (χ1) is 15.5. The average molecular weight is 448 g/mol. The van der Waals surface area contributed by atoms with Crippen LogP contribution in [0.25, 0.3) is 0 Å². The number of amides is 2. The summed E-state index contributed by atoms with van der Waals surface area (Å²) in [5, 5.41) is 12.3. The Labute approximate surface area is 192 Å². The topological polar surface area (TPSA) is 82.4 Å². The van der Waals surface area contributed by atoms with Crippen LogP contribution < -0.4 is 15.0 Å². The summed E-state index contributed by atoms with van der Waals surface area (Å²) in [5.74, 6) is -0.0523. The van der Waals surface area contributed by atoms with Crippen molar-refractivity contribution in [3.63, 3.8) is 0 Å². The minimum atomic E-state index is -0.533. The number of benzene rings is 2. The maximum absolute atomic E-state index is 13.4. The lowest BCUT2D eigenvalue weighted by molar-refractivity contribution is -0.117. The molecule has 0 radical (unpaired) electrons. The molecule has 2 aromatic carbocycles. The van der Waals surface area contributed by atoms with E-state index in [-0.39, 0.29) is 18.0 Å². The molecule has 0 bridgehead atoms. The molecule has 0 spiro atoms. The van der Waals surface area contributed by atoms with Crippen molar-refractivity contribution >= 4 is 29.3 Å². The number of methoxy groups -OCH3 is 1. The molecule has 0 saturated carbocycles. The average Bonchev–Trinajstić information content (AvgIpc) is 3.14. The van der Waals surface area contributed by atoms with Gasteiger partial charge in [0, 0.05) is 12.2 Å². The van der Waals surface area contributed by atoms with Crippen molar-refractivity contribution in [2.45, 2.75) is 25.0 Å². The predicted octanol–water partition coefficient (Wildman–Crippen LogP) is 3.99. The van der Waals surface area contributed by atoms with Gasteiger partial charge in [-0.3, -0.25) is 14.5 Å². The number of carbonyl (C=O) groups is 2. The number of hydrogen-bond donors (Lipinski definition) is 1. The predicted molar refractivity (Wildman–Crippen MR) is 127 cm³/mol. The molecule has 32 heavy (non-hydrogen) atoms. The summed E-state index contributed by atoms with van der Waals surface area (Å²) in [6.07, 6.45) is 2.98. The molecule has 1 heterocycles. The summed E-state index contributed by atoms with van der Waals surface area (Å²) < 4.78 is 5.21. The van der Waals surface area contributed by atoms with Gasteiger partial charge in [0.15, 0.2) is 0 Å². The fourth-order valence-corrected chi connectivity index (χ4v) is 4.64. The number of ether oxygens (including phenoxy) is 1. The lowest BCUT2D eigenvalue weighted by atomic mass is 10.1. The van der Waals surface area contributed by atoms with E-state index >= 15 is 0 Å². The zero-order valence-corrected chi connectivity index (χ0v) is 18.9. The van der Waals surface area contributed by atoms with E-state index in [2.05, 4.69) is 31.0 Å². The molecule has 1 fully saturated rings. The Morgan fingerprint density at radius 1 is 1.22 bits per heavy atom. The van der Waals surface area contributed by atoms with Gasteiger partial charge in [0.1, 0.15) is 22.4 Å². The van der Waals surface area contributed by atoms with Gasteiger partial charge in [-0.25, -0.2) is 0 Å². The van der Waals surface area contributed by atoms with Gasteiger partial charge in [0.25, 0.3) is 5.91 Å². The molecule has 2 amide bonds. The van der Waals surface area contributed by atoms with Crippen LogP contribution in [0.3, 0.4) is 0 Å². The molecule has 6 nitrogen and oxygen atoms in total. The van der Waals surface area contributed by atoms with Crippen molar-refractivity contribution in [2.75, 3.05) is 18.6 Å². The van der Waals surface area contributed by atoms with E-state index in [0.29, 0.717) is 22.9 Å². The van der Waals surface area contributed by atoms with Gasteiger partial charge < -0.3 is 10.1 Å². The van der Waals surface area contributed by atoms with E-state index in [1.54, 1.807) is 31.4 Å². The summed E-state index contributed by atoms with van der Waals surface area (Å²) in [7, 11) is 1.56. The molecule has 1 atom stereocenters. The van der Waals surface area contributed by atoms with E-state index in [9.17, 15) is 14.9 Å². The first-order valence-electron chi connectivity index (χ1n) is 10.3. The van der Waals surface area contributed by atoms with Gasteiger partial charge in [-0.05, 0) is 48.2 Å². The SMILES string of the molecule is C=CCNC(=O)/C(C#N)=C1\SC(Cc2ccc(CC)cc2)C(=O)N1c1ccc(OC)cc1. The summed E-state index contributed by atoms with van der Waals surface area (Å²) in [4.78, 5) is 27.5. The standard InChI is InChI=1S/C25H25N3O3S/c1-4-14-27-23(29)21(16-26)25-28(19-10-12-20(31-3)13-11-19)24(30)22(32-25)15-18-8-6-17(5-2)7-9-18/h4,6-13,22H,1,5,14-15H2,2-3H3,(H,27,29)/b25-21-. The summed E-state index contributed by atoms with van der Waals surface area (Å²) in [5.41, 5.74) is 2.74. The molecule has 7 heteroatoms. The maximum atomic E-state index is 13.4. The second kappa shape index (κ2) is 10.7. The number of hydrogen-bond acceptors (Lipinski definition) is 5. The van der Waals surface area contributed by atoms with E-state index < -0.39 is 11.2 Å². The number of anilines is 1. The third-order valence-corrected chi connectivity index (χ3v) is 6.36. The number of thioether (sulfide) groups is 1. The molecule has 164 valence electrons. The number of aryl methyl sites for hydroxylation is 1. The van der Waals surface area contributed by atoms with E-state index in [4.69, 9.17) is 4.74 Å². The van der Waals surface area contributed by atoms with Crippen LogP contribution in [0.5, 0.6) is 5.75 Å². The molecule has 1 aliphatic rings. The Hall–Kier alpha value is -3.50. The molecule has 1 saturated heterocycles. The van der Waals surface area contributed by atoms with Crippen molar-refractivity contribution in [1.82, 2.24) is 5.32 Å². The molecule has 2 aromatic rings. The Balaban J connectivity index is 1.99. The molecule has 0 aliphatic carbocycles. The number of nitrogens with one attached hydrogen (secondary N) is 1. The Bertz CT molecular complexity index is 1070. The van der Waals surface area contributed by atoms with E-state index in [1.807, 2.05) is 18.2 Å². The Morgan fingerprint density at radius 3 is 2.44 bits per heavy atom. The van der Waals surface area contributed by atoms with Crippen LogP contribution in [-0.2, 0) is 22.4 Å². The third-order valence-electron chi connectivity index (χ3n) is 5.10. The van der Waals surface area contributed by atoms with Crippen molar-refractivity contribution in [2.24, 2.45) is 0 Å². The van der Waals surface area contributed by atoms with Gasteiger partial charge in [-0.2, -0.15) is 5.26 Å². The molecule has 1 N–H and O–H groups in total. The van der Waals surface area contributed by atoms with Crippen molar-refractivity contribution in [3.05, 3.63) is 82.9 Å². The number of nitrogens with zero attached hydrogens (tertiary/aromatic N) is 2. The van der Waals surface area contributed by atoms with Gasteiger partial charge in [0.05, 0.1) is 12.4 Å². The van der Waals surface area contributed by atoms with Crippen molar-refractivity contribution in [1.29, 1.82) is 5.26 Å². The number of rotatable bonds is 8. The number of carbonyl (C=O) groups excluding carboxylic acids is 2. The quantitative estimate of drug-likeness (QED) is 0.376.